The van der Waals surface area contributed by atoms with Crippen LogP contribution in [0.2, 0.25) is 0 Å². The molecule has 2 aromatic heterocycles. The van der Waals surface area contributed by atoms with Crippen molar-refractivity contribution in [2.24, 2.45) is 5.92 Å². The molecule has 2 fully saturated rings. The topological polar surface area (TPSA) is 121 Å². The Bertz CT molecular complexity index is 937. The van der Waals surface area contributed by atoms with E-state index in [9.17, 15) is 13.2 Å². The molecule has 2 aliphatic rings. The molecule has 0 saturated carbocycles. The molecule has 4 rings (SSSR count). The molecule has 1 amide bonds. The lowest BCUT2D eigenvalue weighted by atomic mass is 9.91. The van der Waals surface area contributed by atoms with Gasteiger partial charge in [0.2, 0.25) is 15.9 Å². The molecule has 11 heteroatoms. The van der Waals surface area contributed by atoms with Crippen LogP contribution < -0.4 is 0 Å². The molecule has 0 aromatic carbocycles. The van der Waals surface area contributed by atoms with Gasteiger partial charge in [0.25, 0.3) is 0 Å². The van der Waals surface area contributed by atoms with Crippen molar-refractivity contribution in [2.45, 2.75) is 42.8 Å². The fraction of sp³-hybridized carbons (Fsp3) is 0.556. The first-order chi connectivity index (χ1) is 14.0. The fourth-order valence-corrected chi connectivity index (χ4v) is 6.22. The van der Waals surface area contributed by atoms with Gasteiger partial charge in [0.05, 0.1) is 19.3 Å². The van der Waals surface area contributed by atoms with Crippen molar-refractivity contribution in [3.8, 4) is 0 Å². The van der Waals surface area contributed by atoms with Crippen LogP contribution in [0.1, 0.15) is 25.0 Å². The Labute approximate surface area is 169 Å². The molecule has 0 radical (unpaired) electrons. The first-order valence-corrected chi connectivity index (χ1v) is 11.0. The zero-order valence-corrected chi connectivity index (χ0v) is 17.0. The third-order valence-electron chi connectivity index (χ3n) is 5.62. The summed E-state index contributed by atoms with van der Waals surface area (Å²) < 4.78 is 33.9. The van der Waals surface area contributed by atoms with Crippen LogP contribution in [0.3, 0.4) is 0 Å². The second-order valence-corrected chi connectivity index (χ2v) is 9.28. The van der Waals surface area contributed by atoms with E-state index >= 15 is 0 Å². The van der Waals surface area contributed by atoms with Crippen molar-refractivity contribution < 1.29 is 17.9 Å². The highest BCUT2D eigenvalue weighted by Gasteiger charge is 2.50. The average Bonchev–Trinajstić information content (AvgIpc) is 3.23. The lowest BCUT2D eigenvalue weighted by molar-refractivity contribution is -0.135. The second-order valence-electron chi connectivity index (χ2n) is 7.43. The van der Waals surface area contributed by atoms with Gasteiger partial charge >= 0.3 is 0 Å². The summed E-state index contributed by atoms with van der Waals surface area (Å²) in [5.74, 6) is -0.351. The number of carbonyl (C=O) groups is 1. The number of amides is 1. The number of ether oxygens (including phenoxy) is 1. The summed E-state index contributed by atoms with van der Waals surface area (Å²) in [5, 5.41) is 10.4. The van der Waals surface area contributed by atoms with Crippen LogP contribution in [0.15, 0.2) is 35.6 Å². The van der Waals surface area contributed by atoms with Crippen LogP contribution in [0, 0.1) is 5.92 Å². The van der Waals surface area contributed by atoms with Crippen molar-refractivity contribution in [2.75, 3.05) is 20.3 Å². The third-order valence-corrected chi connectivity index (χ3v) is 7.53. The minimum absolute atomic E-state index is 0.103. The predicted molar refractivity (Wildman–Crippen MR) is 102 cm³/mol. The van der Waals surface area contributed by atoms with Gasteiger partial charge in [-0.3, -0.25) is 9.78 Å². The Kier molecular flexibility index (Phi) is 5.61. The minimum Gasteiger partial charge on any atom is -0.384 e. The normalized spacial score (nSPS) is 25.8. The number of aromatic amines is 1. The van der Waals surface area contributed by atoms with E-state index in [1.807, 2.05) is 0 Å². The van der Waals surface area contributed by atoms with Gasteiger partial charge in [0.15, 0.2) is 0 Å². The lowest BCUT2D eigenvalue weighted by Gasteiger charge is -2.40. The molecular weight excluding hydrogens is 396 g/mol. The maximum Gasteiger partial charge on any atom is 0.245 e. The molecule has 2 aromatic rings. The number of pyridine rings is 1. The molecule has 29 heavy (non-hydrogen) atoms. The third kappa shape index (κ3) is 3.77. The number of nitrogens with zero attached hydrogens (tertiary/aromatic N) is 5. The number of sulfonamides is 1. The maximum atomic E-state index is 13.5. The first-order valence-electron chi connectivity index (χ1n) is 9.58. The summed E-state index contributed by atoms with van der Waals surface area (Å²) >= 11 is 0. The first kappa shape index (κ1) is 19.9. The Hall–Kier alpha value is -2.37. The molecule has 3 atom stereocenters. The number of carbonyl (C=O) groups excluding carboxylic acids is 1. The van der Waals surface area contributed by atoms with E-state index in [0.717, 1.165) is 6.42 Å². The zero-order valence-electron chi connectivity index (χ0n) is 16.1. The van der Waals surface area contributed by atoms with Crippen LogP contribution in [-0.2, 0) is 26.1 Å². The number of hydrogen-bond acceptors (Lipinski definition) is 7. The highest BCUT2D eigenvalue weighted by molar-refractivity contribution is 7.89. The molecule has 10 nitrogen and oxygen atoms in total. The summed E-state index contributed by atoms with van der Waals surface area (Å²) in [6, 6.07) is 2.05. The van der Waals surface area contributed by atoms with Crippen LogP contribution >= 0.6 is 0 Å². The number of hydrogen-bond donors (Lipinski definition) is 1. The van der Waals surface area contributed by atoms with E-state index in [1.165, 1.54) is 22.8 Å². The fourth-order valence-electron chi connectivity index (χ4n) is 4.37. The zero-order chi connectivity index (χ0) is 20.4. The quantitative estimate of drug-likeness (QED) is 0.719. The highest BCUT2D eigenvalue weighted by Crippen LogP contribution is 2.37. The predicted octanol–water partition coefficient (Wildman–Crippen LogP) is 0.417. The molecule has 0 aliphatic carbocycles. The Morgan fingerprint density at radius 1 is 1.31 bits per heavy atom. The van der Waals surface area contributed by atoms with E-state index in [4.69, 9.17) is 4.74 Å². The number of rotatable bonds is 6. The number of methoxy groups -OCH3 is 1. The Balaban J connectivity index is 1.74. The van der Waals surface area contributed by atoms with Crippen molar-refractivity contribution in [1.29, 1.82) is 0 Å². The highest BCUT2D eigenvalue weighted by atomic mass is 32.2. The summed E-state index contributed by atoms with van der Waals surface area (Å²) in [6.45, 7) is 1.04. The van der Waals surface area contributed by atoms with Gasteiger partial charge in [0.1, 0.15) is 16.6 Å². The van der Waals surface area contributed by atoms with E-state index in [-0.39, 0.29) is 29.3 Å². The van der Waals surface area contributed by atoms with Crippen molar-refractivity contribution >= 4 is 15.9 Å². The summed E-state index contributed by atoms with van der Waals surface area (Å²) in [4.78, 5) is 19.2. The SMILES string of the molecule is COC[C@H]1CN(Cc2cn[nH]n2)C(=O)C2CCC[C@@H]1N2S(=O)(=O)c1cccnc1. The molecule has 2 bridgehead atoms. The van der Waals surface area contributed by atoms with E-state index in [1.54, 1.807) is 24.3 Å². The Morgan fingerprint density at radius 2 is 2.17 bits per heavy atom. The van der Waals surface area contributed by atoms with Crippen molar-refractivity contribution in [3.63, 3.8) is 0 Å². The van der Waals surface area contributed by atoms with Gasteiger partial charge in [-0.1, -0.05) is 0 Å². The van der Waals surface area contributed by atoms with Crippen LogP contribution in [0.25, 0.3) is 0 Å². The number of piperidine rings is 1. The second kappa shape index (κ2) is 8.17. The van der Waals surface area contributed by atoms with Crippen molar-refractivity contribution in [1.82, 2.24) is 29.6 Å². The lowest BCUT2D eigenvalue weighted by Crippen LogP contribution is -2.55. The number of aromatic nitrogens is 4. The minimum atomic E-state index is -3.88. The maximum absolute atomic E-state index is 13.5. The number of H-pyrrole nitrogens is 1. The smallest absolute Gasteiger partial charge is 0.245 e. The molecule has 156 valence electrons. The molecule has 1 unspecified atom stereocenters. The van der Waals surface area contributed by atoms with E-state index in [2.05, 4.69) is 20.4 Å². The van der Waals surface area contributed by atoms with Gasteiger partial charge in [-0.25, -0.2) is 8.42 Å². The van der Waals surface area contributed by atoms with Gasteiger partial charge in [-0.05, 0) is 31.4 Å². The molecule has 2 aliphatic heterocycles. The largest absolute Gasteiger partial charge is 0.384 e. The number of fused-ring (bicyclic) bond motifs is 2. The van der Waals surface area contributed by atoms with E-state index in [0.29, 0.717) is 31.7 Å². The molecule has 4 heterocycles. The van der Waals surface area contributed by atoms with Crippen molar-refractivity contribution in [3.05, 3.63) is 36.4 Å². The van der Waals surface area contributed by atoms with Gasteiger partial charge in [-0.2, -0.15) is 19.7 Å². The van der Waals surface area contributed by atoms with Crippen LogP contribution in [0.5, 0.6) is 0 Å². The van der Waals surface area contributed by atoms with Crippen LogP contribution in [-0.4, -0.2) is 76.3 Å². The average molecular weight is 420 g/mol. The summed E-state index contributed by atoms with van der Waals surface area (Å²) in [7, 11) is -2.29. The van der Waals surface area contributed by atoms with Crippen LogP contribution in [0.4, 0.5) is 0 Å². The van der Waals surface area contributed by atoms with Gasteiger partial charge in [0, 0.05) is 38.0 Å². The van der Waals surface area contributed by atoms with Gasteiger partial charge < -0.3 is 9.64 Å². The van der Waals surface area contributed by atoms with E-state index < -0.39 is 16.1 Å². The summed E-state index contributed by atoms with van der Waals surface area (Å²) in [6.07, 6.45) is 6.40. The molecule has 2 saturated heterocycles. The molecule has 0 spiro atoms. The number of nitrogens with one attached hydrogen (secondary N) is 1. The molecular formula is C18H24N6O4S. The Morgan fingerprint density at radius 3 is 2.86 bits per heavy atom. The standard InChI is InChI=1S/C18H24N6O4S/c1-28-12-13-10-23(11-14-8-20-22-21-14)18(25)17-6-2-5-16(13)24(17)29(26,27)15-4-3-7-19-9-15/h3-4,7-9,13,16-17H,2,5-6,10-12H2,1H3,(H,20,21,22)/t13-,16+,17?/m1/s1. The summed E-state index contributed by atoms with van der Waals surface area (Å²) in [5.41, 5.74) is 0.632. The van der Waals surface area contributed by atoms with Gasteiger partial charge in [-0.15, -0.1) is 0 Å². The molecule has 1 N–H and O–H groups in total. The monoisotopic (exact) mass is 420 g/mol.